The van der Waals surface area contributed by atoms with Crippen molar-refractivity contribution >= 4 is 17.6 Å². The Kier molecular flexibility index (Phi) is 6.53. The fourth-order valence-electron chi connectivity index (χ4n) is 3.40. The van der Waals surface area contributed by atoms with Crippen LogP contribution in [-0.2, 0) is 11.2 Å². The molecule has 1 amide bonds. The van der Waals surface area contributed by atoms with Crippen molar-refractivity contribution in [1.29, 1.82) is 0 Å². The van der Waals surface area contributed by atoms with Crippen molar-refractivity contribution in [2.75, 3.05) is 24.7 Å². The molecule has 2 aromatic rings. The van der Waals surface area contributed by atoms with E-state index in [9.17, 15) is 9.59 Å². The van der Waals surface area contributed by atoms with Crippen molar-refractivity contribution in [2.45, 2.75) is 32.6 Å². The van der Waals surface area contributed by atoms with Crippen LogP contribution in [0.5, 0.6) is 11.5 Å². The molecule has 6 heteroatoms. The van der Waals surface area contributed by atoms with Gasteiger partial charge in [0.05, 0.1) is 6.61 Å². The summed E-state index contributed by atoms with van der Waals surface area (Å²) in [6, 6.07) is 12.9. The second-order valence-electron chi connectivity index (χ2n) is 6.67. The van der Waals surface area contributed by atoms with Crippen LogP contribution >= 0.6 is 0 Å². The van der Waals surface area contributed by atoms with Crippen LogP contribution in [0.25, 0.3) is 0 Å². The number of aliphatic carboxylic acids is 1. The summed E-state index contributed by atoms with van der Waals surface area (Å²) in [5.41, 5.74) is 2.62. The van der Waals surface area contributed by atoms with Gasteiger partial charge in [0, 0.05) is 17.8 Å². The van der Waals surface area contributed by atoms with E-state index in [2.05, 4.69) is 6.07 Å². The maximum Gasteiger partial charge on any atom is 0.341 e. The number of para-hydroxylation sites is 1. The molecule has 0 fully saturated rings. The van der Waals surface area contributed by atoms with Crippen molar-refractivity contribution in [3.8, 4) is 11.5 Å². The molecule has 6 nitrogen and oxygen atoms in total. The number of carbonyl (C=O) groups is 2. The van der Waals surface area contributed by atoms with Gasteiger partial charge >= 0.3 is 5.97 Å². The highest BCUT2D eigenvalue weighted by molar-refractivity contribution is 6.07. The number of carbonyl (C=O) groups excluding carboxylic acids is 1. The number of aryl methyl sites for hydroxylation is 1. The number of fused-ring (bicyclic) bond motifs is 1. The Hall–Kier alpha value is -3.02. The maximum absolute atomic E-state index is 13.3. The fraction of sp³-hybridized carbons (Fsp3) is 0.364. The number of nitrogens with zero attached hydrogens (tertiary/aromatic N) is 1. The van der Waals surface area contributed by atoms with Crippen LogP contribution in [0.1, 0.15) is 42.1 Å². The number of ether oxygens (including phenoxy) is 2. The van der Waals surface area contributed by atoms with Gasteiger partial charge < -0.3 is 19.5 Å². The molecular weight excluding hydrogens is 358 g/mol. The number of hydrogen-bond acceptors (Lipinski definition) is 4. The topological polar surface area (TPSA) is 76.1 Å². The lowest BCUT2D eigenvalue weighted by molar-refractivity contribution is -0.139. The Morgan fingerprint density at radius 2 is 1.86 bits per heavy atom. The standard InChI is InChI=1S/C22H25NO5/c1-2-27-20-14-17(11-12-19(20)28-15-21(24)25)22(26)23-13-7-3-4-8-16-9-5-6-10-18(16)23/h5-6,9-12,14H,2-4,7-8,13,15H2,1H3,(H,24,25). The molecular formula is C22H25NO5. The third-order valence-electron chi connectivity index (χ3n) is 4.70. The molecule has 148 valence electrons. The number of anilines is 1. The maximum atomic E-state index is 13.3. The van der Waals surface area contributed by atoms with E-state index >= 15 is 0 Å². The van der Waals surface area contributed by atoms with Crippen LogP contribution < -0.4 is 14.4 Å². The molecule has 0 saturated carbocycles. The van der Waals surface area contributed by atoms with Crippen LogP contribution in [0.3, 0.4) is 0 Å². The van der Waals surface area contributed by atoms with Crippen LogP contribution in [0, 0.1) is 0 Å². The first-order chi connectivity index (χ1) is 13.6. The van der Waals surface area contributed by atoms with E-state index < -0.39 is 12.6 Å². The summed E-state index contributed by atoms with van der Waals surface area (Å²) in [7, 11) is 0. The highest BCUT2D eigenvalue weighted by Gasteiger charge is 2.22. The largest absolute Gasteiger partial charge is 0.490 e. The molecule has 1 aliphatic heterocycles. The quantitative estimate of drug-likeness (QED) is 0.818. The second-order valence-corrected chi connectivity index (χ2v) is 6.67. The predicted molar refractivity (Wildman–Crippen MR) is 106 cm³/mol. The van der Waals surface area contributed by atoms with Crippen LogP contribution in [0.15, 0.2) is 42.5 Å². The average Bonchev–Trinajstić information content (AvgIpc) is 2.67. The molecule has 0 saturated heterocycles. The van der Waals surface area contributed by atoms with Crippen LogP contribution in [-0.4, -0.2) is 36.7 Å². The number of carboxylic acid groups (broad SMARTS) is 1. The lowest BCUT2D eigenvalue weighted by atomic mass is 10.0. The minimum Gasteiger partial charge on any atom is -0.490 e. The van der Waals surface area contributed by atoms with E-state index in [1.807, 2.05) is 30.0 Å². The molecule has 0 spiro atoms. The van der Waals surface area contributed by atoms with E-state index in [4.69, 9.17) is 14.6 Å². The molecule has 2 aromatic carbocycles. The van der Waals surface area contributed by atoms with Crippen molar-refractivity contribution in [2.24, 2.45) is 0 Å². The third kappa shape index (κ3) is 4.63. The fourth-order valence-corrected chi connectivity index (χ4v) is 3.40. The molecule has 0 radical (unpaired) electrons. The minimum absolute atomic E-state index is 0.0971. The van der Waals surface area contributed by atoms with E-state index in [-0.39, 0.29) is 5.91 Å². The summed E-state index contributed by atoms with van der Waals surface area (Å²) in [5.74, 6) is -0.483. The van der Waals surface area contributed by atoms with Crippen LogP contribution in [0.4, 0.5) is 5.69 Å². The third-order valence-corrected chi connectivity index (χ3v) is 4.70. The number of rotatable bonds is 6. The van der Waals surface area contributed by atoms with Gasteiger partial charge in [-0.1, -0.05) is 24.6 Å². The highest BCUT2D eigenvalue weighted by Crippen LogP contribution is 2.31. The number of hydrogen-bond donors (Lipinski definition) is 1. The van der Waals surface area contributed by atoms with Gasteiger partial charge in [-0.25, -0.2) is 4.79 Å². The first kappa shape index (κ1) is 19.7. The van der Waals surface area contributed by atoms with Gasteiger partial charge in [-0.3, -0.25) is 4.79 Å². The molecule has 0 aliphatic carbocycles. The lowest BCUT2D eigenvalue weighted by Gasteiger charge is -2.27. The van der Waals surface area contributed by atoms with E-state index in [0.717, 1.165) is 31.4 Å². The Balaban J connectivity index is 1.91. The smallest absolute Gasteiger partial charge is 0.341 e. The van der Waals surface area contributed by atoms with Gasteiger partial charge in [0.1, 0.15) is 0 Å². The first-order valence-electron chi connectivity index (χ1n) is 9.61. The molecule has 3 rings (SSSR count). The van der Waals surface area contributed by atoms with Crippen molar-refractivity contribution < 1.29 is 24.2 Å². The zero-order valence-corrected chi connectivity index (χ0v) is 16.0. The van der Waals surface area contributed by atoms with Gasteiger partial charge in [-0.05, 0) is 56.0 Å². The summed E-state index contributed by atoms with van der Waals surface area (Å²) >= 11 is 0. The SMILES string of the molecule is CCOc1cc(C(=O)N2CCCCCc3ccccc32)ccc1OCC(=O)O. The zero-order chi connectivity index (χ0) is 19.9. The first-order valence-corrected chi connectivity index (χ1v) is 9.61. The molecule has 1 heterocycles. The number of amides is 1. The van der Waals surface area contributed by atoms with E-state index in [1.54, 1.807) is 18.2 Å². The minimum atomic E-state index is -1.07. The summed E-state index contributed by atoms with van der Waals surface area (Å²) < 4.78 is 10.8. The van der Waals surface area contributed by atoms with Crippen LogP contribution in [0.2, 0.25) is 0 Å². The number of benzene rings is 2. The Bertz CT molecular complexity index is 849. The van der Waals surface area contributed by atoms with E-state index in [1.165, 1.54) is 5.56 Å². The van der Waals surface area contributed by atoms with Gasteiger partial charge in [-0.15, -0.1) is 0 Å². The average molecular weight is 383 g/mol. The Labute approximate surface area is 164 Å². The Morgan fingerprint density at radius 1 is 1.04 bits per heavy atom. The van der Waals surface area contributed by atoms with Gasteiger partial charge in [0.2, 0.25) is 0 Å². The summed E-state index contributed by atoms with van der Waals surface area (Å²) in [5, 5.41) is 8.82. The molecule has 0 unspecified atom stereocenters. The Morgan fingerprint density at radius 3 is 2.64 bits per heavy atom. The molecule has 0 aromatic heterocycles. The predicted octanol–water partition coefficient (Wildman–Crippen LogP) is 3.92. The van der Waals surface area contributed by atoms with Gasteiger partial charge in [-0.2, -0.15) is 0 Å². The second kappa shape index (κ2) is 9.26. The van der Waals surface area contributed by atoms with Crippen molar-refractivity contribution in [1.82, 2.24) is 0 Å². The number of carboxylic acids is 1. The summed E-state index contributed by atoms with van der Waals surface area (Å²) in [6.07, 6.45) is 4.14. The normalized spacial score (nSPS) is 13.8. The molecule has 1 aliphatic rings. The molecule has 1 N–H and O–H groups in total. The highest BCUT2D eigenvalue weighted by atomic mass is 16.5. The van der Waals surface area contributed by atoms with Crippen molar-refractivity contribution in [3.63, 3.8) is 0 Å². The van der Waals surface area contributed by atoms with Gasteiger partial charge in [0.15, 0.2) is 18.1 Å². The van der Waals surface area contributed by atoms with Gasteiger partial charge in [0.25, 0.3) is 5.91 Å². The molecule has 28 heavy (non-hydrogen) atoms. The molecule has 0 bridgehead atoms. The van der Waals surface area contributed by atoms with E-state index in [0.29, 0.717) is 30.2 Å². The molecule has 0 atom stereocenters. The monoisotopic (exact) mass is 383 g/mol. The summed E-state index contributed by atoms with van der Waals surface area (Å²) in [6.45, 7) is 2.40. The lowest BCUT2D eigenvalue weighted by Crippen LogP contribution is -2.33. The summed E-state index contributed by atoms with van der Waals surface area (Å²) in [4.78, 5) is 25.9. The zero-order valence-electron chi connectivity index (χ0n) is 16.0. The van der Waals surface area contributed by atoms with Crippen molar-refractivity contribution in [3.05, 3.63) is 53.6 Å².